The van der Waals surface area contributed by atoms with Gasteiger partial charge in [0, 0.05) is 0 Å². The standard InChI is InChI=1S/C13H13FN2O4/c1-20-12(18)7-15-10-6-11(17)16(13(10)19)9-4-2-8(14)3-5-9/h2-5,10,15H,6-7H2,1H3/t10-/m1/s1. The number of nitrogens with zero attached hydrogens (tertiary/aromatic N) is 1. The third-order valence-electron chi connectivity index (χ3n) is 2.95. The molecular formula is C13H13FN2O4. The number of anilines is 1. The van der Waals surface area contributed by atoms with Gasteiger partial charge >= 0.3 is 5.97 Å². The summed E-state index contributed by atoms with van der Waals surface area (Å²) in [5.74, 6) is -1.84. The minimum absolute atomic E-state index is 0.0484. The fraction of sp³-hybridized carbons (Fsp3) is 0.308. The third kappa shape index (κ3) is 2.83. The number of carbonyl (C=O) groups is 3. The molecule has 0 aliphatic carbocycles. The highest BCUT2D eigenvalue weighted by molar-refractivity contribution is 6.22. The monoisotopic (exact) mass is 280 g/mol. The van der Waals surface area contributed by atoms with E-state index in [1.807, 2.05) is 0 Å². The lowest BCUT2D eigenvalue weighted by Gasteiger charge is -2.15. The molecule has 1 atom stereocenters. The molecular weight excluding hydrogens is 267 g/mol. The topological polar surface area (TPSA) is 75.7 Å². The van der Waals surface area contributed by atoms with E-state index >= 15 is 0 Å². The van der Waals surface area contributed by atoms with Crippen LogP contribution in [-0.2, 0) is 19.1 Å². The van der Waals surface area contributed by atoms with Gasteiger partial charge in [-0.05, 0) is 24.3 Å². The molecule has 1 aromatic carbocycles. The average molecular weight is 280 g/mol. The molecule has 20 heavy (non-hydrogen) atoms. The van der Waals surface area contributed by atoms with Crippen molar-refractivity contribution >= 4 is 23.5 Å². The summed E-state index contributed by atoms with van der Waals surface area (Å²) < 4.78 is 17.3. The van der Waals surface area contributed by atoms with E-state index in [9.17, 15) is 18.8 Å². The number of imide groups is 1. The second kappa shape index (κ2) is 5.79. The number of carbonyl (C=O) groups excluding carboxylic acids is 3. The number of hydrogen-bond donors (Lipinski definition) is 1. The molecule has 1 saturated heterocycles. The Morgan fingerprint density at radius 1 is 1.40 bits per heavy atom. The van der Waals surface area contributed by atoms with E-state index in [0.717, 1.165) is 4.90 Å². The predicted octanol–water partition coefficient (Wildman–Crippen LogP) is 0.220. The maximum Gasteiger partial charge on any atom is 0.319 e. The number of esters is 1. The maximum atomic E-state index is 12.8. The van der Waals surface area contributed by atoms with Crippen molar-refractivity contribution in [2.24, 2.45) is 0 Å². The van der Waals surface area contributed by atoms with Crippen LogP contribution in [0.2, 0.25) is 0 Å². The Morgan fingerprint density at radius 3 is 2.65 bits per heavy atom. The highest BCUT2D eigenvalue weighted by Gasteiger charge is 2.39. The lowest BCUT2D eigenvalue weighted by molar-refractivity contribution is -0.139. The summed E-state index contributed by atoms with van der Waals surface area (Å²) in [7, 11) is 1.23. The SMILES string of the molecule is COC(=O)CN[C@@H]1CC(=O)N(c2ccc(F)cc2)C1=O. The van der Waals surface area contributed by atoms with E-state index in [4.69, 9.17) is 0 Å². The lowest BCUT2D eigenvalue weighted by atomic mass is 10.2. The maximum absolute atomic E-state index is 12.8. The van der Waals surface area contributed by atoms with Gasteiger partial charge in [-0.25, -0.2) is 9.29 Å². The number of methoxy groups -OCH3 is 1. The Balaban J connectivity index is 2.09. The van der Waals surface area contributed by atoms with Crippen LogP contribution in [0.25, 0.3) is 0 Å². The number of halogens is 1. The van der Waals surface area contributed by atoms with E-state index in [-0.39, 0.29) is 13.0 Å². The molecule has 0 aromatic heterocycles. The minimum atomic E-state index is -0.772. The molecule has 1 aliphatic rings. The van der Waals surface area contributed by atoms with Gasteiger partial charge in [0.25, 0.3) is 5.91 Å². The van der Waals surface area contributed by atoms with Crippen molar-refractivity contribution in [2.45, 2.75) is 12.5 Å². The molecule has 106 valence electrons. The molecule has 1 fully saturated rings. The van der Waals surface area contributed by atoms with Crippen molar-refractivity contribution in [1.29, 1.82) is 0 Å². The summed E-state index contributed by atoms with van der Waals surface area (Å²) >= 11 is 0. The van der Waals surface area contributed by atoms with Gasteiger partial charge in [0.2, 0.25) is 5.91 Å². The van der Waals surface area contributed by atoms with E-state index < -0.39 is 29.6 Å². The van der Waals surface area contributed by atoms with E-state index in [1.165, 1.54) is 31.4 Å². The van der Waals surface area contributed by atoms with Gasteiger partial charge in [-0.3, -0.25) is 19.7 Å². The van der Waals surface area contributed by atoms with Gasteiger partial charge in [-0.2, -0.15) is 0 Å². The first-order valence-electron chi connectivity index (χ1n) is 5.95. The average Bonchev–Trinajstić information content (AvgIpc) is 2.72. The Morgan fingerprint density at radius 2 is 2.05 bits per heavy atom. The van der Waals surface area contributed by atoms with Crippen molar-refractivity contribution in [3.05, 3.63) is 30.1 Å². The highest BCUT2D eigenvalue weighted by atomic mass is 19.1. The number of hydrogen-bond acceptors (Lipinski definition) is 5. The van der Waals surface area contributed by atoms with Crippen LogP contribution in [0.15, 0.2) is 24.3 Å². The van der Waals surface area contributed by atoms with Crippen molar-refractivity contribution in [1.82, 2.24) is 5.32 Å². The summed E-state index contributed by atoms with van der Waals surface area (Å²) in [6.07, 6.45) is -0.0484. The van der Waals surface area contributed by atoms with Crippen LogP contribution >= 0.6 is 0 Å². The van der Waals surface area contributed by atoms with Gasteiger partial charge in [-0.1, -0.05) is 0 Å². The minimum Gasteiger partial charge on any atom is -0.468 e. The summed E-state index contributed by atoms with van der Waals surface area (Å²) in [6.45, 7) is -0.155. The first-order chi connectivity index (χ1) is 9.52. The van der Waals surface area contributed by atoms with Gasteiger partial charge < -0.3 is 4.74 Å². The molecule has 1 aromatic rings. The Kier molecular flexibility index (Phi) is 4.09. The largest absolute Gasteiger partial charge is 0.468 e. The quantitative estimate of drug-likeness (QED) is 0.631. The predicted molar refractivity (Wildman–Crippen MR) is 67.3 cm³/mol. The second-order valence-electron chi connectivity index (χ2n) is 4.26. The molecule has 7 heteroatoms. The smallest absolute Gasteiger partial charge is 0.319 e. The molecule has 0 bridgehead atoms. The number of benzene rings is 1. The first kappa shape index (κ1) is 14.1. The molecule has 2 rings (SSSR count). The molecule has 0 radical (unpaired) electrons. The van der Waals surface area contributed by atoms with Crippen LogP contribution in [0.4, 0.5) is 10.1 Å². The van der Waals surface area contributed by atoms with Crippen LogP contribution in [0.3, 0.4) is 0 Å². The summed E-state index contributed by atoms with van der Waals surface area (Å²) in [5, 5.41) is 2.66. The van der Waals surface area contributed by atoms with Crippen LogP contribution in [0.1, 0.15) is 6.42 Å². The van der Waals surface area contributed by atoms with Crippen molar-refractivity contribution in [3.63, 3.8) is 0 Å². The summed E-state index contributed by atoms with van der Waals surface area (Å²) in [5.41, 5.74) is 0.309. The molecule has 0 spiro atoms. The fourth-order valence-corrected chi connectivity index (χ4v) is 1.93. The first-order valence-corrected chi connectivity index (χ1v) is 5.95. The molecule has 0 saturated carbocycles. The molecule has 1 aliphatic heterocycles. The van der Waals surface area contributed by atoms with E-state index in [0.29, 0.717) is 5.69 Å². The van der Waals surface area contributed by atoms with E-state index in [1.54, 1.807) is 0 Å². The van der Waals surface area contributed by atoms with Crippen LogP contribution in [0, 0.1) is 5.82 Å². The van der Waals surface area contributed by atoms with Gasteiger partial charge in [-0.15, -0.1) is 0 Å². The molecule has 1 heterocycles. The fourth-order valence-electron chi connectivity index (χ4n) is 1.93. The molecule has 1 N–H and O–H groups in total. The van der Waals surface area contributed by atoms with Gasteiger partial charge in [0.15, 0.2) is 0 Å². The Bertz CT molecular complexity index is 544. The van der Waals surface area contributed by atoms with Crippen LogP contribution < -0.4 is 10.2 Å². The summed E-state index contributed by atoms with van der Waals surface area (Å²) in [4.78, 5) is 35.9. The lowest BCUT2D eigenvalue weighted by Crippen LogP contribution is -2.41. The zero-order valence-electron chi connectivity index (χ0n) is 10.8. The second-order valence-corrected chi connectivity index (χ2v) is 4.26. The third-order valence-corrected chi connectivity index (χ3v) is 2.95. The molecule has 2 amide bonds. The van der Waals surface area contributed by atoms with Gasteiger partial charge in [0.1, 0.15) is 5.82 Å². The van der Waals surface area contributed by atoms with E-state index in [2.05, 4.69) is 10.1 Å². The number of ether oxygens (including phenoxy) is 1. The summed E-state index contributed by atoms with van der Waals surface area (Å²) in [6, 6.07) is 4.28. The Labute approximate surface area is 114 Å². The highest BCUT2D eigenvalue weighted by Crippen LogP contribution is 2.22. The van der Waals surface area contributed by atoms with Crippen molar-refractivity contribution < 1.29 is 23.5 Å². The van der Waals surface area contributed by atoms with Crippen molar-refractivity contribution in [2.75, 3.05) is 18.6 Å². The number of rotatable bonds is 4. The Hall–Kier alpha value is -2.28. The zero-order chi connectivity index (χ0) is 14.7. The number of nitrogens with one attached hydrogen (secondary N) is 1. The molecule has 6 nitrogen and oxygen atoms in total. The van der Waals surface area contributed by atoms with Crippen molar-refractivity contribution in [3.8, 4) is 0 Å². The van der Waals surface area contributed by atoms with Crippen LogP contribution in [0.5, 0.6) is 0 Å². The zero-order valence-corrected chi connectivity index (χ0v) is 10.8. The van der Waals surface area contributed by atoms with Gasteiger partial charge in [0.05, 0.1) is 31.8 Å². The number of amides is 2. The normalized spacial score (nSPS) is 18.5. The molecule has 0 unspecified atom stereocenters. The van der Waals surface area contributed by atoms with Crippen LogP contribution in [-0.4, -0.2) is 37.5 Å².